The van der Waals surface area contributed by atoms with Gasteiger partial charge in [-0.25, -0.2) is 9.97 Å². The first-order valence-corrected chi connectivity index (χ1v) is 10.2. The lowest BCUT2D eigenvalue weighted by Gasteiger charge is -2.34. The Labute approximate surface area is 164 Å². The van der Waals surface area contributed by atoms with Crippen molar-refractivity contribution in [2.45, 2.75) is 43.4 Å². The van der Waals surface area contributed by atoms with Gasteiger partial charge < -0.3 is 4.74 Å². The van der Waals surface area contributed by atoms with E-state index in [1.165, 1.54) is 23.6 Å². The smallest absolute Gasteiger partial charge is 0.290 e. The third kappa shape index (κ3) is 5.68. The van der Waals surface area contributed by atoms with Crippen LogP contribution in [0.2, 0.25) is 0 Å². The Morgan fingerprint density at radius 3 is 2.89 bits per heavy atom. The van der Waals surface area contributed by atoms with Crippen molar-refractivity contribution >= 4 is 34.1 Å². The summed E-state index contributed by atoms with van der Waals surface area (Å²) in [6, 6.07) is 3.01. The largest absolute Gasteiger partial charge is 0.373 e. The third-order valence-electron chi connectivity index (χ3n) is 3.87. The summed E-state index contributed by atoms with van der Waals surface area (Å²) in [5.74, 6) is -3.14. The molecule has 0 aromatic carbocycles. The minimum absolute atomic E-state index is 0.00179. The molecule has 1 fully saturated rings. The molecule has 2 aromatic rings. The summed E-state index contributed by atoms with van der Waals surface area (Å²) in [7, 11) is 0. The van der Waals surface area contributed by atoms with Crippen molar-refractivity contribution in [2.75, 3.05) is 18.4 Å². The summed E-state index contributed by atoms with van der Waals surface area (Å²) in [5.41, 5.74) is 0.959. The van der Waals surface area contributed by atoms with Gasteiger partial charge in [-0.2, -0.15) is 8.78 Å². The fraction of sp³-hybridized carbons (Fsp3) is 0.471. The maximum atomic E-state index is 12.6. The van der Waals surface area contributed by atoms with Gasteiger partial charge in [0.25, 0.3) is 11.7 Å². The van der Waals surface area contributed by atoms with Crippen molar-refractivity contribution in [2.24, 2.45) is 0 Å². The van der Waals surface area contributed by atoms with Crippen LogP contribution in [0, 0.1) is 0 Å². The Bertz CT molecular complexity index is 780. The molecule has 1 amide bonds. The number of pyridine rings is 1. The van der Waals surface area contributed by atoms with Gasteiger partial charge in [0.15, 0.2) is 5.13 Å². The van der Waals surface area contributed by atoms with Gasteiger partial charge in [-0.15, -0.1) is 11.3 Å². The van der Waals surface area contributed by atoms with E-state index in [2.05, 4.69) is 20.2 Å². The molecule has 1 N–H and O–H groups in total. The van der Waals surface area contributed by atoms with Gasteiger partial charge in [0.1, 0.15) is 5.03 Å². The Balaban J connectivity index is 1.63. The van der Waals surface area contributed by atoms with Crippen molar-refractivity contribution in [3.05, 3.63) is 35.0 Å². The molecule has 1 aliphatic rings. The number of thioether (sulfide) groups is 1. The summed E-state index contributed by atoms with van der Waals surface area (Å²) >= 11 is 1.56. The molecule has 3 rings (SSSR count). The molecule has 1 saturated heterocycles. The van der Waals surface area contributed by atoms with E-state index >= 15 is 0 Å². The predicted molar refractivity (Wildman–Crippen MR) is 101 cm³/mol. The van der Waals surface area contributed by atoms with Crippen LogP contribution < -0.4 is 5.32 Å². The molecule has 2 atom stereocenters. The second-order valence-corrected chi connectivity index (χ2v) is 8.12. The molecule has 1 aliphatic heterocycles. The number of amides is 1. The molecule has 0 bridgehead atoms. The van der Waals surface area contributed by atoms with E-state index in [0.717, 1.165) is 18.8 Å². The molecule has 0 radical (unpaired) electrons. The highest BCUT2D eigenvalue weighted by Gasteiger charge is 2.23. The van der Waals surface area contributed by atoms with E-state index in [1.807, 2.05) is 19.2 Å². The molecular weight excluding hydrogens is 394 g/mol. The van der Waals surface area contributed by atoms with Gasteiger partial charge in [0.2, 0.25) is 0 Å². The highest BCUT2D eigenvalue weighted by atomic mass is 32.2. The number of anilines is 1. The summed E-state index contributed by atoms with van der Waals surface area (Å²) in [6.45, 7) is 6.40. The third-order valence-corrected chi connectivity index (χ3v) is 5.40. The second kappa shape index (κ2) is 9.05. The average Bonchev–Trinajstić information content (AvgIpc) is 3.00. The lowest BCUT2D eigenvalue weighted by Crippen LogP contribution is -2.44. The Morgan fingerprint density at radius 2 is 2.19 bits per heavy atom. The summed E-state index contributed by atoms with van der Waals surface area (Å²) < 4.78 is 31.0. The molecule has 10 heteroatoms. The highest BCUT2D eigenvalue weighted by molar-refractivity contribution is 7.99. The number of nitrogens with zero attached hydrogens (tertiary/aromatic N) is 3. The number of carbonyl (C=O) groups excluding carboxylic acids is 1. The number of aromatic nitrogens is 2. The number of halogens is 2. The first kappa shape index (κ1) is 20.1. The van der Waals surface area contributed by atoms with Gasteiger partial charge in [0.05, 0.1) is 23.5 Å². The van der Waals surface area contributed by atoms with Crippen LogP contribution in [0.3, 0.4) is 0 Å². The number of carbonyl (C=O) groups is 1. The van der Waals surface area contributed by atoms with Crippen LogP contribution >= 0.6 is 23.1 Å². The van der Waals surface area contributed by atoms with Crippen LogP contribution in [0.15, 0.2) is 28.7 Å². The minimum Gasteiger partial charge on any atom is -0.373 e. The Kier molecular flexibility index (Phi) is 6.74. The highest BCUT2D eigenvalue weighted by Crippen LogP contribution is 2.27. The van der Waals surface area contributed by atoms with Crippen molar-refractivity contribution in [1.29, 1.82) is 0 Å². The van der Waals surface area contributed by atoms with E-state index in [4.69, 9.17) is 4.74 Å². The van der Waals surface area contributed by atoms with Crippen LogP contribution in [-0.2, 0) is 11.3 Å². The number of nitrogens with one attached hydrogen (secondary N) is 1. The molecule has 0 spiro atoms. The van der Waals surface area contributed by atoms with Crippen molar-refractivity contribution in [3.63, 3.8) is 0 Å². The molecule has 6 nitrogen and oxygen atoms in total. The zero-order valence-corrected chi connectivity index (χ0v) is 16.5. The van der Waals surface area contributed by atoms with E-state index in [0.29, 0.717) is 11.7 Å². The molecule has 2 aromatic heterocycles. The van der Waals surface area contributed by atoms with E-state index < -0.39 is 11.7 Å². The van der Waals surface area contributed by atoms with Crippen LogP contribution in [0.1, 0.15) is 29.9 Å². The molecule has 0 aliphatic carbocycles. The zero-order chi connectivity index (χ0) is 19.4. The van der Waals surface area contributed by atoms with Gasteiger partial charge in [-0.1, -0.05) is 0 Å². The van der Waals surface area contributed by atoms with Gasteiger partial charge in [0, 0.05) is 31.2 Å². The fourth-order valence-corrected chi connectivity index (χ4v) is 4.26. The normalized spacial score (nSPS) is 20.8. The molecular formula is C17H20F2N4O2S2. The standard InChI is InChI=1S/C17H20F2N4O2S2/c1-10-6-23(7-11(2)25-10)8-12-9-26-17(21-12)22-14(24)13-4-3-5-20-15(13)27-16(18)19/h3-5,9-11,16H,6-8H2,1-2H3,(H,21,22,24). The van der Waals surface area contributed by atoms with Crippen LogP contribution in [0.25, 0.3) is 0 Å². The van der Waals surface area contributed by atoms with Gasteiger partial charge in [-0.05, 0) is 37.7 Å². The van der Waals surface area contributed by atoms with Crippen LogP contribution in [0.4, 0.5) is 13.9 Å². The lowest BCUT2D eigenvalue weighted by molar-refractivity contribution is -0.0707. The second-order valence-electron chi connectivity index (χ2n) is 6.28. The van der Waals surface area contributed by atoms with Crippen LogP contribution in [-0.4, -0.2) is 51.8 Å². The first-order valence-electron chi connectivity index (χ1n) is 8.44. The summed E-state index contributed by atoms with van der Waals surface area (Å²) in [5, 5.41) is 4.99. The topological polar surface area (TPSA) is 67.4 Å². The number of ether oxygens (including phenoxy) is 1. The number of morpholine rings is 1. The SMILES string of the molecule is CC1CN(Cc2csc(NC(=O)c3cccnc3SC(F)F)n2)CC(C)O1. The van der Waals surface area contributed by atoms with E-state index in [9.17, 15) is 13.6 Å². The fourth-order valence-electron chi connectivity index (χ4n) is 2.99. The maximum Gasteiger partial charge on any atom is 0.290 e. The molecule has 2 unspecified atom stereocenters. The van der Waals surface area contributed by atoms with Crippen molar-refractivity contribution < 1.29 is 18.3 Å². The first-order chi connectivity index (χ1) is 12.9. The number of rotatable bonds is 6. The zero-order valence-electron chi connectivity index (χ0n) is 14.9. The Hall–Kier alpha value is -1.62. The van der Waals surface area contributed by atoms with E-state index in [1.54, 1.807) is 6.07 Å². The molecule has 27 heavy (non-hydrogen) atoms. The average molecular weight is 415 g/mol. The monoisotopic (exact) mass is 414 g/mol. The molecule has 146 valence electrons. The Morgan fingerprint density at radius 1 is 1.44 bits per heavy atom. The molecule has 0 saturated carbocycles. The van der Waals surface area contributed by atoms with Crippen molar-refractivity contribution in [3.8, 4) is 0 Å². The van der Waals surface area contributed by atoms with Crippen LogP contribution in [0.5, 0.6) is 0 Å². The number of alkyl halides is 2. The summed E-state index contributed by atoms with van der Waals surface area (Å²) in [6.07, 6.45) is 1.72. The minimum atomic E-state index is -2.64. The quantitative estimate of drug-likeness (QED) is 0.727. The number of hydrogen-bond acceptors (Lipinski definition) is 7. The van der Waals surface area contributed by atoms with Crippen molar-refractivity contribution in [1.82, 2.24) is 14.9 Å². The number of hydrogen-bond donors (Lipinski definition) is 1. The lowest BCUT2D eigenvalue weighted by atomic mass is 10.2. The summed E-state index contributed by atoms with van der Waals surface area (Å²) in [4.78, 5) is 23.0. The van der Waals surface area contributed by atoms with Gasteiger partial charge >= 0.3 is 0 Å². The molecule has 3 heterocycles. The maximum absolute atomic E-state index is 12.6. The van der Waals surface area contributed by atoms with Gasteiger partial charge in [-0.3, -0.25) is 15.0 Å². The number of thiazole rings is 1. The van der Waals surface area contributed by atoms with E-state index in [-0.39, 0.29) is 34.6 Å². The predicted octanol–water partition coefficient (Wildman–Crippen LogP) is 3.71.